The van der Waals surface area contributed by atoms with Crippen LogP contribution >= 0.6 is 36.6 Å². The Labute approximate surface area is 155 Å². The number of amides is 1. The molecule has 0 aliphatic carbocycles. The molecule has 132 valence electrons. The van der Waals surface area contributed by atoms with E-state index in [2.05, 4.69) is 35.5 Å². The second kappa shape index (κ2) is 12.0. The van der Waals surface area contributed by atoms with Gasteiger partial charge in [0.2, 0.25) is 5.91 Å². The molecule has 2 unspecified atom stereocenters. The molecular weight excluding hydrogens is 353 g/mol. The van der Waals surface area contributed by atoms with E-state index in [4.69, 9.17) is 0 Å². The molecule has 2 atom stereocenters. The fraction of sp³-hybridized carbons (Fsp3) is 0.625. The molecule has 0 aromatic carbocycles. The van der Waals surface area contributed by atoms with Gasteiger partial charge < -0.3 is 10.6 Å². The summed E-state index contributed by atoms with van der Waals surface area (Å²) in [4.78, 5) is 16.3. The molecule has 2 N–H and O–H groups in total. The number of halogens is 2. The van der Waals surface area contributed by atoms with Gasteiger partial charge in [-0.1, -0.05) is 19.9 Å². The third kappa shape index (κ3) is 7.75. The lowest BCUT2D eigenvalue weighted by Crippen LogP contribution is -2.42. The molecule has 2 heterocycles. The Morgan fingerprint density at radius 2 is 2.26 bits per heavy atom. The van der Waals surface area contributed by atoms with E-state index in [1.165, 1.54) is 5.56 Å². The first-order chi connectivity index (χ1) is 10.2. The minimum absolute atomic E-state index is 0. The van der Waals surface area contributed by atoms with Crippen molar-refractivity contribution in [1.82, 2.24) is 15.6 Å². The maximum absolute atomic E-state index is 12.1. The molecule has 1 aromatic heterocycles. The molecule has 4 nitrogen and oxygen atoms in total. The van der Waals surface area contributed by atoms with Crippen molar-refractivity contribution in [3.8, 4) is 0 Å². The maximum atomic E-state index is 12.1. The summed E-state index contributed by atoms with van der Waals surface area (Å²) in [5.41, 5.74) is 1.19. The van der Waals surface area contributed by atoms with Gasteiger partial charge in [0, 0.05) is 55.4 Å². The lowest BCUT2D eigenvalue weighted by Gasteiger charge is -2.24. The third-order valence-corrected chi connectivity index (χ3v) is 5.00. The molecule has 1 saturated heterocycles. The van der Waals surface area contributed by atoms with E-state index in [1.807, 2.05) is 24.0 Å². The fourth-order valence-corrected chi connectivity index (χ4v) is 3.55. The van der Waals surface area contributed by atoms with Gasteiger partial charge in [0.1, 0.15) is 0 Å². The van der Waals surface area contributed by atoms with Gasteiger partial charge in [-0.15, -0.1) is 24.8 Å². The first-order valence-corrected chi connectivity index (χ1v) is 8.80. The summed E-state index contributed by atoms with van der Waals surface area (Å²) < 4.78 is 0. The number of nitrogens with zero attached hydrogens (tertiary/aromatic N) is 1. The van der Waals surface area contributed by atoms with E-state index in [1.54, 1.807) is 6.20 Å². The zero-order valence-electron chi connectivity index (χ0n) is 13.7. The fourth-order valence-electron chi connectivity index (χ4n) is 2.60. The predicted octanol–water partition coefficient (Wildman–Crippen LogP) is 2.88. The topological polar surface area (TPSA) is 54.0 Å². The van der Waals surface area contributed by atoms with Crippen molar-refractivity contribution in [3.05, 3.63) is 30.1 Å². The number of carbonyl (C=O) groups excluding carboxylic acids is 1. The van der Waals surface area contributed by atoms with Crippen LogP contribution in [0.2, 0.25) is 0 Å². The van der Waals surface area contributed by atoms with Gasteiger partial charge >= 0.3 is 0 Å². The highest BCUT2D eigenvalue weighted by Crippen LogP contribution is 2.22. The van der Waals surface area contributed by atoms with Crippen molar-refractivity contribution in [1.29, 1.82) is 0 Å². The van der Waals surface area contributed by atoms with Gasteiger partial charge in [0.15, 0.2) is 0 Å². The molecular formula is C16H27Cl2N3OS. The number of nitrogens with one attached hydrogen (secondary N) is 2. The second-order valence-corrected chi connectivity index (χ2v) is 7.02. The Balaban J connectivity index is 0.00000242. The molecule has 1 amide bonds. The molecule has 7 heteroatoms. The normalized spacial score (nSPS) is 18.5. The number of hydrogen-bond acceptors (Lipinski definition) is 4. The summed E-state index contributed by atoms with van der Waals surface area (Å²) >= 11 is 1.92. The molecule has 1 aromatic rings. The first-order valence-electron chi connectivity index (χ1n) is 7.64. The monoisotopic (exact) mass is 379 g/mol. The number of rotatable bonds is 6. The minimum atomic E-state index is 0. The van der Waals surface area contributed by atoms with E-state index < -0.39 is 0 Å². The summed E-state index contributed by atoms with van der Waals surface area (Å²) in [7, 11) is 0. The predicted molar refractivity (Wildman–Crippen MR) is 103 cm³/mol. The zero-order chi connectivity index (χ0) is 15.1. The second-order valence-electron chi connectivity index (χ2n) is 5.87. The SMILES string of the molecule is CC(C)C(CNC(=O)CC1CSCCN1)c1cccnc1.Cl.Cl. The Morgan fingerprint density at radius 1 is 1.48 bits per heavy atom. The first kappa shape index (κ1) is 22.5. The number of carbonyl (C=O) groups is 1. The smallest absolute Gasteiger partial charge is 0.221 e. The number of hydrogen-bond donors (Lipinski definition) is 2. The van der Waals surface area contributed by atoms with Gasteiger partial charge in [0.05, 0.1) is 0 Å². The van der Waals surface area contributed by atoms with Crippen LogP contribution in [-0.4, -0.2) is 41.5 Å². The highest BCUT2D eigenvalue weighted by atomic mass is 35.5. The summed E-state index contributed by atoms with van der Waals surface area (Å²) in [5.74, 6) is 3.11. The van der Waals surface area contributed by atoms with E-state index in [0.29, 0.717) is 30.8 Å². The van der Waals surface area contributed by atoms with Crippen LogP contribution in [0.4, 0.5) is 0 Å². The lowest BCUT2D eigenvalue weighted by molar-refractivity contribution is -0.121. The molecule has 0 radical (unpaired) electrons. The average Bonchev–Trinajstić information content (AvgIpc) is 2.49. The zero-order valence-corrected chi connectivity index (χ0v) is 16.1. The van der Waals surface area contributed by atoms with Gasteiger partial charge in [0.25, 0.3) is 0 Å². The average molecular weight is 380 g/mol. The highest BCUT2D eigenvalue weighted by molar-refractivity contribution is 7.99. The van der Waals surface area contributed by atoms with Crippen molar-refractivity contribution in [2.75, 3.05) is 24.6 Å². The molecule has 2 rings (SSSR count). The van der Waals surface area contributed by atoms with Crippen LogP contribution in [0.5, 0.6) is 0 Å². The van der Waals surface area contributed by atoms with Crippen LogP contribution in [0.3, 0.4) is 0 Å². The summed E-state index contributed by atoms with van der Waals surface area (Å²) in [6.45, 7) is 6.06. The van der Waals surface area contributed by atoms with Gasteiger partial charge in [-0.2, -0.15) is 11.8 Å². The Kier molecular flexibility index (Phi) is 11.7. The minimum Gasteiger partial charge on any atom is -0.355 e. The number of aromatic nitrogens is 1. The van der Waals surface area contributed by atoms with Crippen molar-refractivity contribution >= 4 is 42.5 Å². The van der Waals surface area contributed by atoms with Crippen LogP contribution in [-0.2, 0) is 4.79 Å². The van der Waals surface area contributed by atoms with Gasteiger partial charge in [-0.05, 0) is 17.5 Å². The Hall–Kier alpha value is -0.490. The van der Waals surface area contributed by atoms with Crippen LogP contribution in [0.25, 0.3) is 0 Å². The maximum Gasteiger partial charge on any atom is 0.221 e. The van der Waals surface area contributed by atoms with Crippen molar-refractivity contribution < 1.29 is 4.79 Å². The highest BCUT2D eigenvalue weighted by Gasteiger charge is 2.20. The van der Waals surface area contributed by atoms with Crippen LogP contribution in [0.1, 0.15) is 31.7 Å². The third-order valence-electron chi connectivity index (χ3n) is 3.87. The molecule has 1 fully saturated rings. The molecule has 0 spiro atoms. The molecule has 1 aliphatic heterocycles. The summed E-state index contributed by atoms with van der Waals surface area (Å²) in [6, 6.07) is 4.36. The molecule has 0 saturated carbocycles. The van der Waals surface area contributed by atoms with E-state index in [9.17, 15) is 4.79 Å². The number of thioether (sulfide) groups is 1. The van der Waals surface area contributed by atoms with Crippen molar-refractivity contribution in [2.24, 2.45) is 5.92 Å². The standard InChI is InChI=1S/C16H25N3OS.2ClH/c1-12(2)15(13-4-3-5-17-9-13)10-19-16(20)8-14-11-21-7-6-18-14;;/h3-5,9,12,14-15,18H,6-8,10-11H2,1-2H3,(H,19,20);2*1H. The summed E-state index contributed by atoms with van der Waals surface area (Å²) in [6.07, 6.45) is 4.26. The van der Waals surface area contributed by atoms with Gasteiger partial charge in [-0.25, -0.2) is 0 Å². The lowest BCUT2D eigenvalue weighted by atomic mass is 9.89. The molecule has 1 aliphatic rings. The van der Waals surface area contributed by atoms with E-state index >= 15 is 0 Å². The van der Waals surface area contributed by atoms with Crippen LogP contribution in [0, 0.1) is 5.92 Å². The van der Waals surface area contributed by atoms with Crippen LogP contribution in [0.15, 0.2) is 24.5 Å². The summed E-state index contributed by atoms with van der Waals surface area (Å²) in [5, 5.41) is 6.49. The van der Waals surface area contributed by atoms with Crippen LogP contribution < -0.4 is 10.6 Å². The largest absolute Gasteiger partial charge is 0.355 e. The quantitative estimate of drug-likeness (QED) is 0.797. The van der Waals surface area contributed by atoms with E-state index in [0.717, 1.165) is 18.1 Å². The number of pyridine rings is 1. The Bertz CT molecular complexity index is 442. The van der Waals surface area contributed by atoms with Gasteiger partial charge in [-0.3, -0.25) is 9.78 Å². The van der Waals surface area contributed by atoms with E-state index in [-0.39, 0.29) is 30.7 Å². The molecule has 0 bridgehead atoms. The Morgan fingerprint density at radius 3 is 2.83 bits per heavy atom. The molecule has 23 heavy (non-hydrogen) atoms. The van der Waals surface area contributed by atoms with Crippen molar-refractivity contribution in [2.45, 2.75) is 32.2 Å². The van der Waals surface area contributed by atoms with Crippen molar-refractivity contribution in [3.63, 3.8) is 0 Å².